The van der Waals surface area contributed by atoms with Gasteiger partial charge >= 0.3 is 5.97 Å². The molecule has 0 bridgehead atoms. The van der Waals surface area contributed by atoms with E-state index in [0.29, 0.717) is 0 Å². The molecule has 3 rings (SSSR count). The first-order chi connectivity index (χ1) is 12.9. The van der Waals surface area contributed by atoms with Crippen LogP contribution in [0.15, 0.2) is 66.3 Å². The number of ether oxygens (including phenoxy) is 1. The highest BCUT2D eigenvalue weighted by atomic mass is 32.2. The zero-order valence-electron chi connectivity index (χ0n) is 14.4. The Bertz CT molecular complexity index is 943. The lowest BCUT2D eigenvalue weighted by Gasteiger charge is -2.27. The summed E-state index contributed by atoms with van der Waals surface area (Å²) in [6, 6.07) is 11.7. The molecule has 0 radical (unpaired) electrons. The van der Waals surface area contributed by atoms with Crippen molar-refractivity contribution in [3.8, 4) is 0 Å². The van der Waals surface area contributed by atoms with E-state index < -0.39 is 34.4 Å². The molecule has 1 aromatic heterocycles. The topological polar surface area (TPSA) is 93.6 Å². The Morgan fingerprint density at radius 3 is 2.56 bits per heavy atom. The molecular weight excluding hydrogens is 368 g/mol. The van der Waals surface area contributed by atoms with Crippen molar-refractivity contribution in [2.24, 2.45) is 0 Å². The van der Waals surface area contributed by atoms with Crippen molar-refractivity contribution in [3.63, 3.8) is 0 Å². The molecule has 8 heteroatoms. The van der Waals surface area contributed by atoms with E-state index in [1.807, 2.05) is 30.3 Å². The lowest BCUT2D eigenvalue weighted by Crippen LogP contribution is -2.42. The summed E-state index contributed by atoms with van der Waals surface area (Å²) in [5.74, 6) is -1.31. The average molecular weight is 386 g/mol. The standard InChI is InChI=1S/C19H18N2O5S/c22-18(13-26-19(23)16-7-4-9-20-11-16)21(12-15-5-2-1-3-6-15)17-8-10-27(24,25)14-17/h1-11,17H,12-14H2/t17-/m1/s1. The highest BCUT2D eigenvalue weighted by Crippen LogP contribution is 2.18. The van der Waals surface area contributed by atoms with Gasteiger partial charge in [0.1, 0.15) is 0 Å². The van der Waals surface area contributed by atoms with Crippen LogP contribution in [0, 0.1) is 0 Å². The summed E-state index contributed by atoms with van der Waals surface area (Å²) in [5.41, 5.74) is 1.09. The molecule has 1 amide bonds. The van der Waals surface area contributed by atoms with Crippen LogP contribution in [0.1, 0.15) is 15.9 Å². The Morgan fingerprint density at radius 1 is 1.15 bits per heavy atom. The summed E-state index contributed by atoms with van der Waals surface area (Å²) in [5, 5.41) is 1.12. The number of amides is 1. The lowest BCUT2D eigenvalue weighted by molar-refractivity contribution is -0.136. The summed E-state index contributed by atoms with van der Waals surface area (Å²) >= 11 is 0. The second kappa shape index (κ2) is 8.13. The molecule has 0 aliphatic carbocycles. The van der Waals surface area contributed by atoms with E-state index in [9.17, 15) is 18.0 Å². The molecule has 1 aliphatic rings. The van der Waals surface area contributed by atoms with Gasteiger partial charge in [-0.05, 0) is 23.8 Å². The van der Waals surface area contributed by atoms with Crippen molar-refractivity contribution in [3.05, 3.63) is 77.5 Å². The van der Waals surface area contributed by atoms with Gasteiger partial charge in [0.05, 0.1) is 17.4 Å². The van der Waals surface area contributed by atoms with Crippen molar-refractivity contribution in [1.82, 2.24) is 9.88 Å². The Kier molecular flexibility index (Phi) is 5.66. The first-order valence-electron chi connectivity index (χ1n) is 8.26. The van der Waals surface area contributed by atoms with Crippen LogP contribution in [0.3, 0.4) is 0 Å². The van der Waals surface area contributed by atoms with E-state index in [-0.39, 0.29) is 17.9 Å². The summed E-state index contributed by atoms with van der Waals surface area (Å²) in [7, 11) is -3.33. The van der Waals surface area contributed by atoms with Gasteiger partial charge in [0.25, 0.3) is 5.91 Å². The van der Waals surface area contributed by atoms with Crippen LogP contribution in [-0.4, -0.2) is 48.6 Å². The first kappa shape index (κ1) is 18.8. The highest BCUT2D eigenvalue weighted by Gasteiger charge is 2.30. The third-order valence-electron chi connectivity index (χ3n) is 4.05. The van der Waals surface area contributed by atoms with E-state index in [2.05, 4.69) is 4.98 Å². The molecule has 0 fully saturated rings. The van der Waals surface area contributed by atoms with Gasteiger partial charge in [0.15, 0.2) is 16.4 Å². The molecule has 1 aromatic carbocycles. The minimum Gasteiger partial charge on any atom is -0.452 e. The SMILES string of the molecule is O=C(OCC(=O)N(Cc1ccccc1)[C@@H]1C=CS(=O)(=O)C1)c1cccnc1. The number of aromatic nitrogens is 1. The molecule has 7 nitrogen and oxygen atoms in total. The fraction of sp³-hybridized carbons (Fsp3) is 0.211. The second-order valence-corrected chi connectivity index (χ2v) is 7.98. The van der Waals surface area contributed by atoms with Crippen molar-refractivity contribution in [1.29, 1.82) is 0 Å². The van der Waals surface area contributed by atoms with Crippen LogP contribution < -0.4 is 0 Å². The van der Waals surface area contributed by atoms with E-state index in [0.717, 1.165) is 11.0 Å². The monoisotopic (exact) mass is 386 g/mol. The van der Waals surface area contributed by atoms with Gasteiger partial charge in [0.2, 0.25) is 0 Å². The van der Waals surface area contributed by atoms with Gasteiger partial charge in [-0.15, -0.1) is 0 Å². The van der Waals surface area contributed by atoms with Gasteiger partial charge in [-0.3, -0.25) is 9.78 Å². The number of rotatable bonds is 6. The number of esters is 1. The maximum Gasteiger partial charge on any atom is 0.340 e. The molecule has 2 aromatic rings. The van der Waals surface area contributed by atoms with Gasteiger partial charge < -0.3 is 9.64 Å². The maximum atomic E-state index is 12.7. The minimum absolute atomic E-state index is 0.178. The Labute approximate surface area is 157 Å². The number of pyridine rings is 1. The zero-order chi connectivity index (χ0) is 19.3. The van der Waals surface area contributed by atoms with Gasteiger partial charge in [0, 0.05) is 24.3 Å². The number of carbonyl (C=O) groups excluding carboxylic acids is 2. The smallest absolute Gasteiger partial charge is 0.340 e. The highest BCUT2D eigenvalue weighted by molar-refractivity contribution is 7.94. The second-order valence-electron chi connectivity index (χ2n) is 6.05. The Balaban J connectivity index is 1.71. The molecule has 0 saturated carbocycles. The van der Waals surface area contributed by atoms with E-state index in [1.165, 1.54) is 29.4 Å². The third-order valence-corrected chi connectivity index (χ3v) is 5.43. The molecule has 1 aliphatic heterocycles. The maximum absolute atomic E-state index is 12.7. The van der Waals surface area contributed by atoms with Crippen molar-refractivity contribution in [2.75, 3.05) is 12.4 Å². The molecule has 140 valence electrons. The summed E-state index contributed by atoms with van der Waals surface area (Å²) in [6.45, 7) is -0.264. The summed E-state index contributed by atoms with van der Waals surface area (Å²) < 4.78 is 28.6. The van der Waals surface area contributed by atoms with E-state index in [1.54, 1.807) is 6.07 Å². The van der Waals surface area contributed by atoms with Crippen LogP contribution in [-0.2, 0) is 25.9 Å². The van der Waals surface area contributed by atoms with Gasteiger partial charge in [-0.25, -0.2) is 13.2 Å². The van der Waals surface area contributed by atoms with Crippen LogP contribution in [0.2, 0.25) is 0 Å². The molecule has 2 heterocycles. The minimum atomic E-state index is -3.33. The quantitative estimate of drug-likeness (QED) is 0.700. The number of hydrogen-bond donors (Lipinski definition) is 0. The van der Waals surface area contributed by atoms with Gasteiger partial charge in [-0.2, -0.15) is 0 Å². The Hall–Kier alpha value is -3.00. The number of carbonyl (C=O) groups is 2. The molecule has 0 spiro atoms. The number of nitrogens with zero attached hydrogens (tertiary/aromatic N) is 2. The zero-order valence-corrected chi connectivity index (χ0v) is 15.2. The van der Waals surface area contributed by atoms with Crippen LogP contribution in [0.5, 0.6) is 0 Å². The fourth-order valence-corrected chi connectivity index (χ4v) is 4.00. The first-order valence-corrected chi connectivity index (χ1v) is 9.98. The van der Waals surface area contributed by atoms with Crippen LogP contribution in [0.4, 0.5) is 0 Å². The van der Waals surface area contributed by atoms with Crippen molar-refractivity contribution in [2.45, 2.75) is 12.6 Å². The number of benzene rings is 1. The Morgan fingerprint density at radius 2 is 1.93 bits per heavy atom. The molecular formula is C19H18N2O5S. The predicted octanol–water partition coefficient (Wildman–Crippen LogP) is 1.58. The normalized spacial score (nSPS) is 17.4. The largest absolute Gasteiger partial charge is 0.452 e. The number of sulfone groups is 1. The molecule has 0 saturated heterocycles. The average Bonchev–Trinajstić information content (AvgIpc) is 3.05. The van der Waals surface area contributed by atoms with E-state index >= 15 is 0 Å². The number of hydrogen-bond acceptors (Lipinski definition) is 6. The van der Waals surface area contributed by atoms with Crippen molar-refractivity contribution >= 4 is 21.7 Å². The van der Waals surface area contributed by atoms with Crippen LogP contribution >= 0.6 is 0 Å². The van der Waals surface area contributed by atoms with Crippen molar-refractivity contribution < 1.29 is 22.7 Å². The lowest BCUT2D eigenvalue weighted by atomic mass is 10.2. The molecule has 27 heavy (non-hydrogen) atoms. The molecule has 0 N–H and O–H groups in total. The summed E-state index contributed by atoms with van der Waals surface area (Å²) in [4.78, 5) is 29.9. The van der Waals surface area contributed by atoms with Gasteiger partial charge in [-0.1, -0.05) is 30.3 Å². The van der Waals surface area contributed by atoms with Crippen LogP contribution in [0.25, 0.3) is 0 Å². The third kappa shape index (κ3) is 5.01. The molecule has 0 unspecified atom stereocenters. The summed E-state index contributed by atoms with van der Waals surface area (Å²) in [6.07, 6.45) is 4.36. The predicted molar refractivity (Wildman–Crippen MR) is 98.2 cm³/mol. The molecule has 1 atom stereocenters. The fourth-order valence-electron chi connectivity index (χ4n) is 2.70. The van der Waals surface area contributed by atoms with E-state index in [4.69, 9.17) is 4.74 Å².